The van der Waals surface area contributed by atoms with Gasteiger partial charge in [-0.25, -0.2) is 14.5 Å². The summed E-state index contributed by atoms with van der Waals surface area (Å²) >= 11 is 0. The molecule has 2 fully saturated rings. The van der Waals surface area contributed by atoms with Gasteiger partial charge in [0.05, 0.1) is 19.0 Å². The third-order valence-corrected chi connectivity index (χ3v) is 5.85. The maximum Gasteiger partial charge on any atom is 0.400 e. The topological polar surface area (TPSA) is 76.4 Å². The highest BCUT2D eigenvalue weighted by Gasteiger charge is 2.66. The molecule has 1 aliphatic heterocycles. The van der Waals surface area contributed by atoms with Crippen molar-refractivity contribution < 1.29 is 17.9 Å². The van der Waals surface area contributed by atoms with E-state index in [0.717, 1.165) is 19.5 Å². The number of pyridine rings is 1. The zero-order chi connectivity index (χ0) is 20.9. The van der Waals surface area contributed by atoms with E-state index in [0.29, 0.717) is 28.9 Å². The van der Waals surface area contributed by atoms with Gasteiger partial charge in [0.25, 0.3) is 0 Å². The molecule has 10 heteroatoms. The molecule has 7 nitrogen and oxygen atoms in total. The minimum absolute atomic E-state index is 0.00246. The fourth-order valence-electron chi connectivity index (χ4n) is 3.98. The van der Waals surface area contributed by atoms with Gasteiger partial charge in [0.2, 0.25) is 0 Å². The van der Waals surface area contributed by atoms with Gasteiger partial charge < -0.3 is 15.4 Å². The van der Waals surface area contributed by atoms with Gasteiger partial charge in [-0.15, -0.1) is 0 Å². The summed E-state index contributed by atoms with van der Waals surface area (Å²) in [6.07, 6.45) is -1.81. The third kappa shape index (κ3) is 3.06. The van der Waals surface area contributed by atoms with E-state index in [-0.39, 0.29) is 24.3 Å². The first-order valence-electron chi connectivity index (χ1n) is 9.86. The standard InChI is InChI=1S/C20H21F3N6O/c1-30-15-9-17-25-11-14(29(17)28-18(15)19(6-7-19)20(21,22)23)13-3-2-4-16(27-13)26-12-5-8-24-10-12/h2-4,9,11-12,24H,5-8,10H2,1H3,(H,26,27)/t12-/m1/s1. The van der Waals surface area contributed by atoms with Gasteiger partial charge in [0.1, 0.15) is 28.4 Å². The van der Waals surface area contributed by atoms with Crippen LogP contribution in [0, 0.1) is 0 Å². The van der Waals surface area contributed by atoms with Crippen molar-refractivity contribution in [2.45, 2.75) is 36.9 Å². The third-order valence-electron chi connectivity index (χ3n) is 5.85. The number of hydrogen-bond acceptors (Lipinski definition) is 6. The SMILES string of the molecule is COc1cc2ncc(-c3cccc(N[C@@H]4CCNC4)n3)n2nc1C1(C(F)(F)F)CC1. The van der Waals surface area contributed by atoms with E-state index in [4.69, 9.17) is 4.74 Å². The number of hydrogen-bond donors (Lipinski definition) is 2. The highest BCUT2D eigenvalue weighted by molar-refractivity contribution is 5.63. The maximum atomic E-state index is 13.7. The first-order chi connectivity index (χ1) is 14.4. The number of alkyl halides is 3. The molecule has 2 aliphatic rings. The maximum absolute atomic E-state index is 13.7. The van der Waals surface area contributed by atoms with E-state index in [1.54, 1.807) is 12.3 Å². The average molecular weight is 418 g/mol. The summed E-state index contributed by atoms with van der Waals surface area (Å²) in [5.41, 5.74) is -0.543. The van der Waals surface area contributed by atoms with Crippen LogP contribution >= 0.6 is 0 Å². The van der Waals surface area contributed by atoms with E-state index in [2.05, 4.69) is 25.7 Å². The molecule has 0 unspecified atom stereocenters. The lowest BCUT2D eigenvalue weighted by Gasteiger charge is -2.21. The fourth-order valence-corrected chi connectivity index (χ4v) is 3.98. The molecule has 2 N–H and O–H groups in total. The Morgan fingerprint density at radius 3 is 2.80 bits per heavy atom. The summed E-state index contributed by atoms with van der Waals surface area (Å²) in [6.45, 7) is 1.83. The molecule has 5 rings (SSSR count). The highest BCUT2D eigenvalue weighted by atomic mass is 19.4. The summed E-state index contributed by atoms with van der Waals surface area (Å²) in [4.78, 5) is 8.95. The molecule has 0 radical (unpaired) electrons. The first kappa shape index (κ1) is 19.1. The Balaban J connectivity index is 1.57. The first-order valence-corrected chi connectivity index (χ1v) is 9.86. The van der Waals surface area contributed by atoms with E-state index in [9.17, 15) is 13.2 Å². The number of rotatable bonds is 5. The van der Waals surface area contributed by atoms with E-state index in [1.807, 2.05) is 12.1 Å². The Morgan fingerprint density at radius 1 is 1.30 bits per heavy atom. The van der Waals surface area contributed by atoms with Crippen molar-refractivity contribution in [3.63, 3.8) is 0 Å². The monoisotopic (exact) mass is 418 g/mol. The smallest absolute Gasteiger partial charge is 0.400 e. The summed E-state index contributed by atoms with van der Waals surface area (Å²) in [7, 11) is 1.35. The van der Waals surface area contributed by atoms with Crippen LogP contribution in [0.1, 0.15) is 25.0 Å². The Kier molecular flexibility index (Phi) is 4.35. The molecule has 30 heavy (non-hydrogen) atoms. The predicted octanol–water partition coefficient (Wildman–Crippen LogP) is 3.17. The van der Waals surface area contributed by atoms with Crippen molar-refractivity contribution in [1.82, 2.24) is 24.9 Å². The molecule has 1 saturated carbocycles. The molecule has 1 atom stereocenters. The van der Waals surface area contributed by atoms with Crippen LogP contribution in [0.2, 0.25) is 0 Å². The quantitative estimate of drug-likeness (QED) is 0.663. The lowest BCUT2D eigenvalue weighted by atomic mass is 10.0. The second-order valence-corrected chi connectivity index (χ2v) is 7.80. The summed E-state index contributed by atoms with van der Waals surface area (Å²) in [5.74, 6) is 0.811. The van der Waals surface area contributed by atoms with Crippen molar-refractivity contribution in [2.24, 2.45) is 0 Å². The van der Waals surface area contributed by atoms with Crippen molar-refractivity contribution in [3.8, 4) is 17.1 Å². The number of fused-ring (bicyclic) bond motifs is 1. The number of ether oxygens (including phenoxy) is 1. The van der Waals surface area contributed by atoms with Gasteiger partial charge in [0.15, 0.2) is 5.65 Å². The van der Waals surface area contributed by atoms with Crippen LogP contribution in [0.4, 0.5) is 19.0 Å². The molecule has 4 heterocycles. The molecule has 3 aromatic rings. The van der Waals surface area contributed by atoms with Gasteiger partial charge in [-0.2, -0.15) is 18.3 Å². The van der Waals surface area contributed by atoms with Gasteiger partial charge in [0, 0.05) is 18.7 Å². The second-order valence-electron chi connectivity index (χ2n) is 7.80. The number of nitrogens with zero attached hydrogens (tertiary/aromatic N) is 4. The van der Waals surface area contributed by atoms with Crippen LogP contribution in [0.3, 0.4) is 0 Å². The Bertz CT molecular complexity index is 1090. The van der Waals surface area contributed by atoms with Gasteiger partial charge in [-0.3, -0.25) is 0 Å². The number of anilines is 1. The summed E-state index contributed by atoms with van der Waals surface area (Å²) in [6, 6.07) is 7.32. The molecule has 3 aromatic heterocycles. The number of imidazole rings is 1. The molecule has 1 saturated heterocycles. The Morgan fingerprint density at radius 2 is 2.13 bits per heavy atom. The van der Waals surface area contributed by atoms with Crippen LogP contribution < -0.4 is 15.4 Å². The summed E-state index contributed by atoms with van der Waals surface area (Å²) < 4.78 is 47.9. The molecule has 158 valence electrons. The van der Waals surface area contributed by atoms with Crippen LogP contribution in [0.15, 0.2) is 30.5 Å². The van der Waals surface area contributed by atoms with Crippen molar-refractivity contribution in [3.05, 3.63) is 36.2 Å². The number of halogens is 3. The second kappa shape index (κ2) is 6.83. The molecular weight excluding hydrogens is 397 g/mol. The van der Waals surface area contributed by atoms with Crippen LogP contribution in [-0.2, 0) is 5.41 Å². The number of nitrogens with one attached hydrogen (secondary N) is 2. The van der Waals surface area contributed by atoms with Gasteiger partial charge in [-0.1, -0.05) is 6.07 Å². The Labute approximate surface area is 170 Å². The molecule has 1 aliphatic carbocycles. The minimum atomic E-state index is -4.39. The minimum Gasteiger partial charge on any atom is -0.495 e. The van der Waals surface area contributed by atoms with Gasteiger partial charge >= 0.3 is 6.18 Å². The van der Waals surface area contributed by atoms with Crippen LogP contribution in [0.5, 0.6) is 5.75 Å². The molecule has 0 amide bonds. The number of aromatic nitrogens is 4. The van der Waals surface area contributed by atoms with E-state index >= 15 is 0 Å². The largest absolute Gasteiger partial charge is 0.495 e. The number of methoxy groups -OCH3 is 1. The zero-order valence-corrected chi connectivity index (χ0v) is 16.3. The van der Waals surface area contributed by atoms with Crippen molar-refractivity contribution >= 4 is 11.5 Å². The van der Waals surface area contributed by atoms with E-state index < -0.39 is 11.6 Å². The zero-order valence-electron chi connectivity index (χ0n) is 16.3. The van der Waals surface area contributed by atoms with Crippen molar-refractivity contribution in [1.29, 1.82) is 0 Å². The van der Waals surface area contributed by atoms with Crippen LogP contribution in [0.25, 0.3) is 17.0 Å². The molecule has 0 spiro atoms. The molecular formula is C20H21F3N6O. The Hall–Kier alpha value is -2.88. The normalized spacial score (nSPS) is 20.5. The van der Waals surface area contributed by atoms with Crippen LogP contribution in [-0.4, -0.2) is 52.0 Å². The highest BCUT2D eigenvalue weighted by Crippen LogP contribution is 2.60. The lowest BCUT2D eigenvalue weighted by molar-refractivity contribution is -0.162. The average Bonchev–Trinajstić information content (AvgIpc) is 3.21. The lowest BCUT2D eigenvalue weighted by Crippen LogP contribution is -2.30. The van der Waals surface area contributed by atoms with E-state index in [1.165, 1.54) is 17.7 Å². The van der Waals surface area contributed by atoms with Crippen molar-refractivity contribution in [2.75, 3.05) is 25.5 Å². The van der Waals surface area contributed by atoms with Gasteiger partial charge in [-0.05, 0) is 37.9 Å². The molecule has 0 bridgehead atoms. The predicted molar refractivity (Wildman–Crippen MR) is 105 cm³/mol. The summed E-state index contributed by atoms with van der Waals surface area (Å²) in [5, 5.41) is 11.0. The fraction of sp³-hybridized carbons (Fsp3) is 0.450. The molecule has 0 aromatic carbocycles.